The SMILES string of the molecule is CCc1cc(CC)n(CC2CCC(NC(=O)c3cc(C)ccc3Cl)CC2)n1. The van der Waals surface area contributed by atoms with Gasteiger partial charge in [-0.3, -0.25) is 9.48 Å². The van der Waals surface area contributed by atoms with Gasteiger partial charge in [0.1, 0.15) is 0 Å². The average Bonchev–Trinajstić information content (AvgIpc) is 3.07. The van der Waals surface area contributed by atoms with Crippen LogP contribution in [0.5, 0.6) is 0 Å². The molecular formula is C22H30ClN3O. The Hall–Kier alpha value is -1.81. The number of benzene rings is 1. The van der Waals surface area contributed by atoms with E-state index in [1.807, 2.05) is 19.1 Å². The van der Waals surface area contributed by atoms with Gasteiger partial charge >= 0.3 is 0 Å². The van der Waals surface area contributed by atoms with E-state index < -0.39 is 0 Å². The monoisotopic (exact) mass is 387 g/mol. The summed E-state index contributed by atoms with van der Waals surface area (Å²) < 4.78 is 2.20. The van der Waals surface area contributed by atoms with Gasteiger partial charge in [0.15, 0.2) is 0 Å². The second-order valence-electron chi connectivity index (χ2n) is 7.69. The number of aromatic nitrogens is 2. The van der Waals surface area contributed by atoms with Crippen molar-refractivity contribution >= 4 is 17.5 Å². The van der Waals surface area contributed by atoms with Crippen LogP contribution in [0.4, 0.5) is 0 Å². The van der Waals surface area contributed by atoms with Crippen molar-refractivity contribution < 1.29 is 4.79 Å². The predicted octanol–water partition coefficient (Wildman–Crippen LogP) is 4.96. The molecule has 1 aliphatic rings. The van der Waals surface area contributed by atoms with Gasteiger partial charge in [-0.2, -0.15) is 5.10 Å². The molecule has 27 heavy (non-hydrogen) atoms. The highest BCUT2D eigenvalue weighted by molar-refractivity contribution is 6.33. The quantitative estimate of drug-likeness (QED) is 0.761. The normalized spacial score (nSPS) is 19.9. The third-order valence-corrected chi connectivity index (χ3v) is 5.95. The Labute approximate surface area is 167 Å². The third-order valence-electron chi connectivity index (χ3n) is 5.62. The molecule has 0 bridgehead atoms. The summed E-state index contributed by atoms with van der Waals surface area (Å²) in [7, 11) is 0. The van der Waals surface area contributed by atoms with Crippen molar-refractivity contribution in [3.8, 4) is 0 Å². The van der Waals surface area contributed by atoms with Gasteiger partial charge in [-0.05, 0) is 69.6 Å². The average molecular weight is 388 g/mol. The Bertz CT molecular complexity index is 791. The van der Waals surface area contributed by atoms with Gasteiger partial charge < -0.3 is 5.32 Å². The Kier molecular flexibility index (Phi) is 6.59. The molecule has 1 aromatic heterocycles. The molecule has 1 fully saturated rings. The third kappa shape index (κ3) is 4.92. The summed E-state index contributed by atoms with van der Waals surface area (Å²) in [6.45, 7) is 7.31. The smallest absolute Gasteiger partial charge is 0.253 e. The van der Waals surface area contributed by atoms with Gasteiger partial charge in [-0.1, -0.05) is 37.1 Å². The summed E-state index contributed by atoms with van der Waals surface area (Å²) >= 11 is 6.19. The fourth-order valence-corrected chi connectivity index (χ4v) is 4.14. The molecule has 1 amide bonds. The first-order valence-electron chi connectivity index (χ1n) is 10.1. The number of rotatable bonds is 6. The molecule has 0 spiro atoms. The standard InChI is InChI=1S/C22H30ClN3O/c1-4-17-13-19(5-2)26(25-17)14-16-7-9-18(10-8-16)24-22(27)20-12-15(3)6-11-21(20)23/h6,11-13,16,18H,4-5,7-10,14H2,1-3H3,(H,24,27). The fourth-order valence-electron chi connectivity index (χ4n) is 3.94. The summed E-state index contributed by atoms with van der Waals surface area (Å²) in [5.41, 5.74) is 4.14. The lowest BCUT2D eigenvalue weighted by molar-refractivity contribution is 0.0920. The van der Waals surface area contributed by atoms with Crippen molar-refractivity contribution in [1.82, 2.24) is 15.1 Å². The Morgan fingerprint density at radius 1 is 1.19 bits per heavy atom. The first-order valence-corrected chi connectivity index (χ1v) is 10.5. The minimum Gasteiger partial charge on any atom is -0.349 e. The summed E-state index contributed by atoms with van der Waals surface area (Å²) in [4.78, 5) is 12.6. The molecule has 146 valence electrons. The summed E-state index contributed by atoms with van der Waals surface area (Å²) in [5, 5.41) is 8.45. The molecule has 4 nitrogen and oxygen atoms in total. The molecule has 0 atom stereocenters. The van der Waals surface area contributed by atoms with Crippen LogP contribution in [0.2, 0.25) is 5.02 Å². The van der Waals surface area contributed by atoms with Gasteiger partial charge in [0, 0.05) is 18.3 Å². The molecule has 0 aliphatic heterocycles. The van der Waals surface area contributed by atoms with Crippen LogP contribution in [-0.4, -0.2) is 21.7 Å². The molecule has 0 unspecified atom stereocenters. The topological polar surface area (TPSA) is 46.9 Å². The summed E-state index contributed by atoms with van der Waals surface area (Å²) in [5.74, 6) is 0.579. The van der Waals surface area contributed by atoms with E-state index in [4.69, 9.17) is 16.7 Å². The van der Waals surface area contributed by atoms with Crippen molar-refractivity contribution in [3.63, 3.8) is 0 Å². The van der Waals surface area contributed by atoms with Gasteiger partial charge in [0.2, 0.25) is 0 Å². The Morgan fingerprint density at radius 2 is 1.93 bits per heavy atom. The second-order valence-corrected chi connectivity index (χ2v) is 8.10. The lowest BCUT2D eigenvalue weighted by atomic mass is 9.86. The number of aryl methyl sites for hydroxylation is 3. The largest absolute Gasteiger partial charge is 0.349 e. The van der Waals surface area contributed by atoms with Crippen LogP contribution in [0.1, 0.15) is 66.8 Å². The molecule has 0 saturated heterocycles. The van der Waals surface area contributed by atoms with Crippen LogP contribution >= 0.6 is 11.6 Å². The molecular weight excluding hydrogens is 358 g/mol. The van der Waals surface area contributed by atoms with Crippen molar-refractivity contribution in [1.29, 1.82) is 0 Å². The summed E-state index contributed by atoms with van der Waals surface area (Å²) in [6.07, 6.45) is 6.29. The maximum atomic E-state index is 12.6. The van der Waals surface area contributed by atoms with Crippen LogP contribution < -0.4 is 5.32 Å². The molecule has 1 aromatic carbocycles. The minimum atomic E-state index is -0.0555. The maximum Gasteiger partial charge on any atom is 0.253 e. The predicted molar refractivity (Wildman–Crippen MR) is 110 cm³/mol. The van der Waals surface area contributed by atoms with Crippen molar-refractivity contribution in [2.45, 2.75) is 71.9 Å². The lowest BCUT2D eigenvalue weighted by Gasteiger charge is -2.29. The van der Waals surface area contributed by atoms with E-state index in [1.165, 1.54) is 11.4 Å². The number of hydrogen-bond donors (Lipinski definition) is 1. The molecule has 1 saturated carbocycles. The van der Waals surface area contributed by atoms with E-state index in [0.717, 1.165) is 50.6 Å². The fraction of sp³-hybridized carbons (Fsp3) is 0.545. The van der Waals surface area contributed by atoms with Crippen LogP contribution in [-0.2, 0) is 19.4 Å². The van der Waals surface area contributed by atoms with E-state index >= 15 is 0 Å². The van der Waals surface area contributed by atoms with Gasteiger partial charge in [-0.25, -0.2) is 0 Å². The molecule has 2 aromatic rings. The van der Waals surface area contributed by atoms with Gasteiger partial charge in [0.05, 0.1) is 16.3 Å². The number of nitrogens with one attached hydrogen (secondary N) is 1. The molecule has 1 N–H and O–H groups in total. The maximum absolute atomic E-state index is 12.6. The van der Waals surface area contributed by atoms with E-state index in [1.54, 1.807) is 6.07 Å². The van der Waals surface area contributed by atoms with Crippen LogP contribution in [0.25, 0.3) is 0 Å². The zero-order valence-electron chi connectivity index (χ0n) is 16.6. The number of halogens is 1. The highest BCUT2D eigenvalue weighted by Gasteiger charge is 2.24. The zero-order valence-corrected chi connectivity index (χ0v) is 17.4. The van der Waals surface area contributed by atoms with Crippen molar-refractivity contribution in [2.75, 3.05) is 0 Å². The number of hydrogen-bond acceptors (Lipinski definition) is 2. The van der Waals surface area contributed by atoms with Gasteiger partial charge in [-0.15, -0.1) is 0 Å². The van der Waals surface area contributed by atoms with E-state index in [2.05, 4.69) is 29.9 Å². The van der Waals surface area contributed by atoms with E-state index in [-0.39, 0.29) is 11.9 Å². The highest BCUT2D eigenvalue weighted by Crippen LogP contribution is 2.27. The Balaban J connectivity index is 1.54. The van der Waals surface area contributed by atoms with Gasteiger partial charge in [0.25, 0.3) is 5.91 Å². The number of nitrogens with zero attached hydrogens (tertiary/aromatic N) is 2. The van der Waals surface area contributed by atoms with Crippen LogP contribution in [0, 0.1) is 12.8 Å². The molecule has 1 aliphatic carbocycles. The molecule has 5 heteroatoms. The molecule has 0 radical (unpaired) electrons. The zero-order chi connectivity index (χ0) is 19.4. The van der Waals surface area contributed by atoms with Crippen LogP contribution in [0.15, 0.2) is 24.3 Å². The first kappa shape index (κ1) is 19.9. The number of carbonyl (C=O) groups is 1. The van der Waals surface area contributed by atoms with E-state index in [9.17, 15) is 4.79 Å². The second kappa shape index (κ2) is 8.92. The summed E-state index contributed by atoms with van der Waals surface area (Å²) in [6, 6.07) is 8.05. The highest BCUT2D eigenvalue weighted by atomic mass is 35.5. The van der Waals surface area contributed by atoms with Crippen molar-refractivity contribution in [2.24, 2.45) is 5.92 Å². The number of carbonyl (C=O) groups excluding carboxylic acids is 1. The minimum absolute atomic E-state index is 0.0555. The van der Waals surface area contributed by atoms with Crippen molar-refractivity contribution in [3.05, 3.63) is 51.8 Å². The molecule has 1 heterocycles. The first-order chi connectivity index (χ1) is 13.0. The number of amides is 1. The lowest BCUT2D eigenvalue weighted by Crippen LogP contribution is -2.38. The Morgan fingerprint density at radius 3 is 2.59 bits per heavy atom. The van der Waals surface area contributed by atoms with E-state index in [0.29, 0.717) is 16.5 Å². The van der Waals surface area contributed by atoms with Crippen LogP contribution in [0.3, 0.4) is 0 Å². The molecule has 3 rings (SSSR count).